The highest BCUT2D eigenvalue weighted by Gasteiger charge is 2.64. The van der Waals surface area contributed by atoms with Gasteiger partial charge in [-0.3, -0.25) is 0 Å². The summed E-state index contributed by atoms with van der Waals surface area (Å²) in [6.45, 7) is 9.48. The van der Waals surface area contributed by atoms with E-state index in [4.69, 9.17) is 0 Å². The number of carbonyl (C=O) groups is 1. The molecule has 0 unspecified atom stereocenters. The average Bonchev–Trinajstić information content (AvgIpc) is 3.34. The molecule has 1 aromatic rings. The van der Waals surface area contributed by atoms with E-state index in [9.17, 15) is 23.4 Å². The molecule has 4 aliphatic carbocycles. The molecular weight excluding hydrogens is 574 g/mol. The van der Waals surface area contributed by atoms with Gasteiger partial charge in [-0.2, -0.15) is 0 Å². The lowest BCUT2D eigenvalue weighted by atomic mass is 9.41. The van der Waals surface area contributed by atoms with Crippen molar-refractivity contribution >= 4 is 21.7 Å². The first-order valence-electron chi connectivity index (χ1n) is 17.5. The molecule has 1 aliphatic heterocycles. The quantitative estimate of drug-likeness (QED) is 0.308. The van der Waals surface area contributed by atoms with Crippen LogP contribution >= 0.6 is 0 Å². The first-order valence-corrected chi connectivity index (χ1v) is 19.0. The molecule has 8 nitrogen and oxygen atoms in total. The van der Waals surface area contributed by atoms with E-state index in [0.717, 1.165) is 89.4 Å². The normalized spacial score (nSPS) is 40.4. The topological polar surface area (TPSA) is 119 Å². The van der Waals surface area contributed by atoms with Gasteiger partial charge in [0.15, 0.2) is 0 Å². The molecule has 44 heavy (non-hydrogen) atoms. The number of rotatable bonds is 7. The smallest absolute Gasteiger partial charge is 0.328 e. The minimum Gasteiger partial charge on any atom is -0.393 e. The molecule has 246 valence electrons. The highest BCUT2D eigenvalue weighted by atomic mass is 32.2. The highest BCUT2D eigenvalue weighted by Crippen LogP contribution is 2.69. The Hall–Kier alpha value is -1.84. The second kappa shape index (κ2) is 12.4. The molecule has 6 rings (SSSR count). The molecule has 0 aromatic heterocycles. The van der Waals surface area contributed by atoms with Crippen molar-refractivity contribution in [2.75, 3.05) is 24.5 Å². The van der Waals surface area contributed by atoms with Crippen LogP contribution in [0.1, 0.15) is 97.8 Å². The molecule has 4 saturated carbocycles. The van der Waals surface area contributed by atoms with Gasteiger partial charge in [-0.15, -0.1) is 0 Å². The molecule has 5 aliphatic rings. The fourth-order valence-electron chi connectivity index (χ4n) is 11.1. The van der Waals surface area contributed by atoms with Crippen LogP contribution in [0.25, 0.3) is 0 Å². The molecule has 0 bridgehead atoms. The summed E-state index contributed by atoms with van der Waals surface area (Å²) in [4.78, 5) is 15.1. The van der Waals surface area contributed by atoms with Gasteiger partial charge in [-0.05, 0) is 141 Å². The number of urea groups is 1. The summed E-state index contributed by atoms with van der Waals surface area (Å²) in [7, 11) is -3.96. The van der Waals surface area contributed by atoms with Crippen LogP contribution in [-0.2, 0) is 10.0 Å². The molecule has 2 amide bonds. The maximum Gasteiger partial charge on any atom is 0.328 e. The van der Waals surface area contributed by atoms with Crippen molar-refractivity contribution in [2.24, 2.45) is 46.3 Å². The van der Waals surface area contributed by atoms with Crippen molar-refractivity contribution in [1.29, 1.82) is 0 Å². The van der Waals surface area contributed by atoms with Gasteiger partial charge in [-0.1, -0.05) is 27.2 Å². The van der Waals surface area contributed by atoms with E-state index in [2.05, 4.69) is 35.7 Å². The molecular formula is C35H55N3O5S. The zero-order valence-electron chi connectivity index (χ0n) is 27.0. The van der Waals surface area contributed by atoms with Crippen LogP contribution in [0.5, 0.6) is 0 Å². The van der Waals surface area contributed by atoms with Crippen molar-refractivity contribution in [1.82, 2.24) is 10.0 Å². The summed E-state index contributed by atoms with van der Waals surface area (Å²) in [5.41, 5.74) is 1.31. The van der Waals surface area contributed by atoms with Crippen molar-refractivity contribution in [3.8, 4) is 0 Å². The predicted molar refractivity (Wildman–Crippen MR) is 173 cm³/mol. The summed E-state index contributed by atoms with van der Waals surface area (Å²) in [5, 5.41) is 25.2. The standard InChI is InChI=1S/C35H55N3O5S/c1-4-27-30-22-25(39)14-17-35(30,3)29-15-18-34(2)23(8-13-28(34)31(29)32(27)40)16-19-36-33(41)37-44(42,43)26-11-9-24(10-12-26)38-20-6-5-7-21-38/h9-12,23,25,27-32,39-40H,4-8,13-22H2,1-3H3,(H2,36,37,41)/t23-,25-,27-,28+,29+,30+,31+,32-,34-,35-/m1/s1. The van der Waals surface area contributed by atoms with E-state index in [-0.39, 0.29) is 33.9 Å². The number of hydrogen-bond donors (Lipinski definition) is 4. The van der Waals surface area contributed by atoms with Crippen LogP contribution in [0.3, 0.4) is 0 Å². The molecule has 1 aromatic carbocycles. The number of nitrogens with zero attached hydrogens (tertiary/aromatic N) is 1. The number of benzene rings is 1. The van der Waals surface area contributed by atoms with Crippen LogP contribution in [0, 0.1) is 46.3 Å². The zero-order chi connectivity index (χ0) is 31.3. The van der Waals surface area contributed by atoms with Crippen molar-refractivity contribution in [3.63, 3.8) is 0 Å². The van der Waals surface area contributed by atoms with Gasteiger partial charge in [-0.25, -0.2) is 17.9 Å². The molecule has 9 heteroatoms. The zero-order valence-corrected chi connectivity index (χ0v) is 27.8. The summed E-state index contributed by atoms with van der Waals surface area (Å²) in [6, 6.07) is 6.13. The molecule has 4 N–H and O–H groups in total. The molecule has 10 atom stereocenters. The number of hydrogen-bond acceptors (Lipinski definition) is 6. The van der Waals surface area contributed by atoms with Gasteiger partial charge in [0.05, 0.1) is 17.1 Å². The van der Waals surface area contributed by atoms with Crippen LogP contribution < -0.4 is 14.9 Å². The molecule has 0 spiro atoms. The number of piperidine rings is 1. The number of aliphatic hydroxyl groups excluding tert-OH is 2. The number of anilines is 1. The van der Waals surface area contributed by atoms with Gasteiger partial charge in [0.25, 0.3) is 10.0 Å². The molecule has 0 radical (unpaired) electrons. The molecule has 1 heterocycles. The highest BCUT2D eigenvalue weighted by molar-refractivity contribution is 7.90. The largest absolute Gasteiger partial charge is 0.393 e. The Balaban J connectivity index is 1.05. The predicted octanol–water partition coefficient (Wildman–Crippen LogP) is 5.68. The third-order valence-corrected chi connectivity index (χ3v) is 14.8. The SMILES string of the molecule is CC[C@H]1[C@@H](O)[C@@H]2[C@H](CC[C@]3(C)[C@@H](CCNC(=O)NS(=O)(=O)c4ccc(N5CCCCC5)cc4)CC[C@@H]23)[C@@]2(C)CC[C@@H](O)C[C@@H]12. The third kappa shape index (κ3) is 5.68. The summed E-state index contributed by atoms with van der Waals surface area (Å²) >= 11 is 0. The van der Waals surface area contributed by atoms with E-state index < -0.39 is 16.1 Å². The number of aliphatic hydroxyl groups is 2. The number of carbonyl (C=O) groups excluding carboxylic acids is 1. The van der Waals surface area contributed by atoms with E-state index in [0.29, 0.717) is 36.1 Å². The second-order valence-electron chi connectivity index (χ2n) is 15.4. The average molecular weight is 630 g/mol. The monoisotopic (exact) mass is 629 g/mol. The van der Waals surface area contributed by atoms with Gasteiger partial charge < -0.3 is 20.4 Å². The lowest BCUT2D eigenvalue weighted by Crippen LogP contribution is -2.62. The van der Waals surface area contributed by atoms with Crippen LogP contribution in [-0.4, -0.2) is 56.5 Å². The Morgan fingerprint density at radius 1 is 0.932 bits per heavy atom. The second-order valence-corrected chi connectivity index (χ2v) is 17.1. The Morgan fingerprint density at radius 2 is 1.61 bits per heavy atom. The fraction of sp³-hybridized carbons (Fsp3) is 0.800. The Kier molecular flexibility index (Phi) is 9.05. The number of fused-ring (bicyclic) bond motifs is 5. The summed E-state index contributed by atoms with van der Waals surface area (Å²) in [5.74, 6) is 2.31. The lowest BCUT2D eigenvalue weighted by molar-refractivity contribution is -0.202. The number of nitrogens with one attached hydrogen (secondary N) is 2. The van der Waals surface area contributed by atoms with Crippen LogP contribution in [0.2, 0.25) is 0 Å². The van der Waals surface area contributed by atoms with Crippen LogP contribution in [0.4, 0.5) is 10.5 Å². The van der Waals surface area contributed by atoms with Gasteiger partial charge >= 0.3 is 6.03 Å². The maximum absolute atomic E-state index is 12.9. The summed E-state index contributed by atoms with van der Waals surface area (Å²) < 4.78 is 28.1. The first-order chi connectivity index (χ1) is 21.0. The molecule has 5 fully saturated rings. The van der Waals surface area contributed by atoms with E-state index >= 15 is 0 Å². The maximum atomic E-state index is 12.9. The molecule has 1 saturated heterocycles. The number of sulfonamides is 1. The Morgan fingerprint density at radius 3 is 2.32 bits per heavy atom. The van der Waals surface area contributed by atoms with E-state index in [1.165, 1.54) is 6.42 Å². The van der Waals surface area contributed by atoms with E-state index in [1.807, 2.05) is 12.1 Å². The van der Waals surface area contributed by atoms with Gasteiger partial charge in [0, 0.05) is 25.3 Å². The van der Waals surface area contributed by atoms with Crippen molar-refractivity contribution in [3.05, 3.63) is 24.3 Å². The fourth-order valence-corrected chi connectivity index (χ4v) is 12.0. The minimum atomic E-state index is -3.96. The lowest BCUT2D eigenvalue weighted by Gasteiger charge is -2.64. The van der Waals surface area contributed by atoms with E-state index in [1.54, 1.807) is 12.1 Å². The number of amides is 2. The van der Waals surface area contributed by atoms with Crippen molar-refractivity contribution in [2.45, 2.75) is 115 Å². The van der Waals surface area contributed by atoms with Gasteiger partial charge in [0.1, 0.15) is 0 Å². The third-order valence-electron chi connectivity index (χ3n) is 13.5. The Labute approximate surface area is 264 Å². The van der Waals surface area contributed by atoms with Crippen LogP contribution in [0.15, 0.2) is 29.2 Å². The summed E-state index contributed by atoms with van der Waals surface area (Å²) in [6.07, 6.45) is 11.9. The minimum absolute atomic E-state index is 0.0937. The first kappa shape index (κ1) is 32.1. The van der Waals surface area contributed by atoms with Gasteiger partial charge in [0.2, 0.25) is 0 Å². The Bertz CT molecular complexity index is 1280. The van der Waals surface area contributed by atoms with Crippen molar-refractivity contribution < 1.29 is 23.4 Å².